The van der Waals surface area contributed by atoms with E-state index in [0.717, 1.165) is 32.3 Å². The molecule has 0 unspecified atom stereocenters. The van der Waals surface area contributed by atoms with Crippen molar-refractivity contribution in [3.8, 4) is 0 Å². The number of anilines is 2. The predicted molar refractivity (Wildman–Crippen MR) is 110 cm³/mol. The van der Waals surface area contributed by atoms with E-state index < -0.39 is 17.4 Å². The van der Waals surface area contributed by atoms with Gasteiger partial charge >= 0.3 is 6.18 Å². The van der Waals surface area contributed by atoms with E-state index in [-0.39, 0.29) is 11.1 Å². The Morgan fingerprint density at radius 2 is 1.04 bits per heavy atom. The van der Waals surface area contributed by atoms with Crippen LogP contribution in [0.25, 0.3) is 43.1 Å². The van der Waals surface area contributed by atoms with Gasteiger partial charge in [0.05, 0.1) is 16.9 Å². The number of benzene rings is 5. The summed E-state index contributed by atoms with van der Waals surface area (Å²) in [6.45, 7) is 0. The molecular formula is C23H15F3N2. The van der Waals surface area contributed by atoms with Crippen molar-refractivity contribution in [2.45, 2.75) is 6.18 Å². The molecule has 138 valence electrons. The van der Waals surface area contributed by atoms with E-state index in [0.29, 0.717) is 5.39 Å². The van der Waals surface area contributed by atoms with Crippen LogP contribution in [0.1, 0.15) is 5.56 Å². The number of halogens is 3. The van der Waals surface area contributed by atoms with E-state index in [2.05, 4.69) is 12.1 Å². The van der Waals surface area contributed by atoms with Gasteiger partial charge < -0.3 is 11.5 Å². The first kappa shape index (κ1) is 16.7. The van der Waals surface area contributed by atoms with E-state index in [9.17, 15) is 13.2 Å². The van der Waals surface area contributed by atoms with Gasteiger partial charge in [-0.3, -0.25) is 0 Å². The first-order chi connectivity index (χ1) is 13.3. The van der Waals surface area contributed by atoms with Crippen molar-refractivity contribution in [2.24, 2.45) is 0 Å². The van der Waals surface area contributed by atoms with Gasteiger partial charge in [-0.15, -0.1) is 0 Å². The molecule has 0 radical (unpaired) electrons. The van der Waals surface area contributed by atoms with Crippen LogP contribution < -0.4 is 11.5 Å². The van der Waals surface area contributed by atoms with Gasteiger partial charge in [0.1, 0.15) is 0 Å². The number of nitrogens with two attached hydrogens (primary N) is 2. The summed E-state index contributed by atoms with van der Waals surface area (Å²) in [5.74, 6) is 0. The zero-order valence-corrected chi connectivity index (χ0v) is 14.6. The van der Waals surface area contributed by atoms with Gasteiger partial charge in [-0.25, -0.2) is 0 Å². The van der Waals surface area contributed by atoms with Crippen molar-refractivity contribution >= 4 is 54.5 Å². The molecule has 0 aliphatic carbocycles. The van der Waals surface area contributed by atoms with Crippen LogP contribution in [-0.2, 0) is 6.18 Å². The van der Waals surface area contributed by atoms with Crippen molar-refractivity contribution in [1.82, 2.24) is 0 Å². The lowest BCUT2D eigenvalue weighted by atomic mass is 9.94. The summed E-state index contributed by atoms with van der Waals surface area (Å²) < 4.78 is 41.0. The number of hydrogen-bond acceptors (Lipinski definition) is 2. The van der Waals surface area contributed by atoms with Gasteiger partial charge in [-0.1, -0.05) is 24.3 Å². The Bertz CT molecular complexity index is 1420. The van der Waals surface area contributed by atoms with E-state index in [4.69, 9.17) is 11.5 Å². The fourth-order valence-electron chi connectivity index (χ4n) is 3.94. The Kier molecular flexibility index (Phi) is 3.29. The molecule has 2 nitrogen and oxygen atoms in total. The molecule has 0 aromatic heterocycles. The van der Waals surface area contributed by atoms with Gasteiger partial charge in [-0.05, 0) is 85.6 Å². The minimum atomic E-state index is -4.58. The zero-order valence-electron chi connectivity index (χ0n) is 14.6. The Balaban J connectivity index is 1.90. The topological polar surface area (TPSA) is 52.0 Å². The van der Waals surface area contributed by atoms with Gasteiger partial charge in [0.2, 0.25) is 0 Å². The standard InChI is InChI=1S/C23H15F3N2/c24-23(25,26)21-19-10-17-8-15-6-13-4-2-1-3-12(13)5-14(15)7-16(17)9-18(19)11-20(27)22(21)28/h1-11H,27-28H2. The van der Waals surface area contributed by atoms with Crippen molar-refractivity contribution in [1.29, 1.82) is 0 Å². The molecule has 5 aromatic carbocycles. The third-order valence-electron chi connectivity index (χ3n) is 5.27. The molecule has 0 fully saturated rings. The molecule has 0 heterocycles. The molecule has 0 atom stereocenters. The van der Waals surface area contributed by atoms with Crippen LogP contribution in [0.4, 0.5) is 24.5 Å². The number of rotatable bonds is 0. The second-order valence-corrected chi connectivity index (χ2v) is 7.07. The van der Waals surface area contributed by atoms with Crippen LogP contribution in [0.5, 0.6) is 0 Å². The molecule has 0 saturated carbocycles. The number of nitrogen functional groups attached to an aromatic ring is 2. The molecule has 4 N–H and O–H groups in total. The lowest BCUT2D eigenvalue weighted by molar-refractivity contribution is -0.135. The first-order valence-corrected chi connectivity index (χ1v) is 8.76. The minimum Gasteiger partial charge on any atom is -0.397 e. The van der Waals surface area contributed by atoms with Crippen LogP contribution in [0.15, 0.2) is 66.7 Å². The molecule has 0 spiro atoms. The molecule has 0 aliphatic rings. The molecule has 0 amide bonds. The Hall–Kier alpha value is -3.47. The summed E-state index contributed by atoms with van der Waals surface area (Å²) in [4.78, 5) is 0. The summed E-state index contributed by atoms with van der Waals surface area (Å²) in [5.41, 5.74) is 10.1. The zero-order chi connectivity index (χ0) is 19.6. The molecule has 0 bridgehead atoms. The fourth-order valence-corrected chi connectivity index (χ4v) is 3.94. The highest BCUT2D eigenvalue weighted by molar-refractivity contribution is 6.10. The van der Waals surface area contributed by atoms with Crippen LogP contribution in [0.3, 0.4) is 0 Å². The third kappa shape index (κ3) is 2.43. The van der Waals surface area contributed by atoms with Crippen LogP contribution in [0.2, 0.25) is 0 Å². The van der Waals surface area contributed by atoms with Crippen LogP contribution in [-0.4, -0.2) is 0 Å². The quantitative estimate of drug-likeness (QED) is 0.240. The maximum Gasteiger partial charge on any atom is 0.419 e. The number of fused-ring (bicyclic) bond motifs is 4. The summed E-state index contributed by atoms with van der Waals surface area (Å²) in [5, 5.41) is 6.28. The van der Waals surface area contributed by atoms with Crippen LogP contribution >= 0.6 is 0 Å². The SMILES string of the molecule is Nc1cc2cc3cc4cc5ccccc5cc4cc3cc2c(C(F)(F)F)c1N. The lowest BCUT2D eigenvalue weighted by Gasteiger charge is -2.16. The third-order valence-corrected chi connectivity index (χ3v) is 5.27. The highest BCUT2D eigenvalue weighted by Crippen LogP contribution is 2.43. The largest absolute Gasteiger partial charge is 0.419 e. The van der Waals surface area contributed by atoms with E-state index in [1.54, 1.807) is 12.1 Å². The summed E-state index contributed by atoms with van der Waals surface area (Å²) in [6.07, 6.45) is -4.58. The average Bonchev–Trinajstić information content (AvgIpc) is 2.63. The monoisotopic (exact) mass is 376 g/mol. The van der Waals surface area contributed by atoms with Crippen molar-refractivity contribution < 1.29 is 13.2 Å². The van der Waals surface area contributed by atoms with Crippen molar-refractivity contribution in [3.63, 3.8) is 0 Å². The summed E-state index contributed by atoms with van der Waals surface area (Å²) in [7, 11) is 0. The maximum absolute atomic E-state index is 13.7. The van der Waals surface area contributed by atoms with Gasteiger partial charge in [0.15, 0.2) is 0 Å². The average molecular weight is 376 g/mol. The molecule has 0 aliphatic heterocycles. The van der Waals surface area contributed by atoms with E-state index in [1.807, 2.05) is 36.4 Å². The lowest BCUT2D eigenvalue weighted by Crippen LogP contribution is -2.11. The first-order valence-electron chi connectivity index (χ1n) is 8.76. The Morgan fingerprint density at radius 1 is 0.571 bits per heavy atom. The van der Waals surface area contributed by atoms with Gasteiger partial charge in [0, 0.05) is 0 Å². The van der Waals surface area contributed by atoms with E-state index in [1.165, 1.54) is 6.07 Å². The second-order valence-electron chi connectivity index (χ2n) is 7.07. The summed E-state index contributed by atoms with van der Waals surface area (Å²) >= 11 is 0. The summed E-state index contributed by atoms with van der Waals surface area (Å²) in [6, 6.07) is 20.9. The number of hydrogen-bond donors (Lipinski definition) is 2. The molecular weight excluding hydrogens is 361 g/mol. The second kappa shape index (κ2) is 5.52. The molecule has 0 saturated heterocycles. The fraction of sp³-hybridized carbons (Fsp3) is 0.0435. The van der Waals surface area contributed by atoms with E-state index >= 15 is 0 Å². The van der Waals surface area contributed by atoms with Crippen LogP contribution in [0, 0.1) is 0 Å². The van der Waals surface area contributed by atoms with Crippen molar-refractivity contribution in [3.05, 3.63) is 72.3 Å². The van der Waals surface area contributed by atoms with Gasteiger partial charge in [-0.2, -0.15) is 13.2 Å². The maximum atomic E-state index is 13.7. The van der Waals surface area contributed by atoms with Crippen molar-refractivity contribution in [2.75, 3.05) is 11.5 Å². The Morgan fingerprint density at radius 3 is 1.57 bits per heavy atom. The highest BCUT2D eigenvalue weighted by Gasteiger charge is 2.36. The number of alkyl halides is 3. The van der Waals surface area contributed by atoms with Gasteiger partial charge in [0.25, 0.3) is 0 Å². The molecule has 28 heavy (non-hydrogen) atoms. The Labute approximate surface area is 158 Å². The molecule has 5 aromatic rings. The molecule has 5 heteroatoms. The minimum absolute atomic E-state index is 0.0619. The molecule has 5 rings (SSSR count). The highest BCUT2D eigenvalue weighted by atomic mass is 19.4. The normalized spacial score (nSPS) is 12.4. The predicted octanol–water partition coefficient (Wildman–Crippen LogP) is 6.48. The smallest absolute Gasteiger partial charge is 0.397 e.